The molecule has 4 rings (SSSR count). The minimum atomic E-state index is -0.218. The SMILES string of the molecule is Cc1cc(C)cc(Oc2coc3cc(OCc4ccc(Br)cc4)ccc3c2=O)c1. The van der Waals surface area contributed by atoms with E-state index in [0.717, 1.165) is 21.2 Å². The van der Waals surface area contributed by atoms with Crippen molar-refractivity contribution in [3.8, 4) is 17.2 Å². The van der Waals surface area contributed by atoms with Gasteiger partial charge in [-0.1, -0.05) is 34.1 Å². The Balaban J connectivity index is 1.56. The van der Waals surface area contributed by atoms with Crippen LogP contribution in [0.3, 0.4) is 0 Å². The van der Waals surface area contributed by atoms with Gasteiger partial charge in [-0.2, -0.15) is 0 Å². The summed E-state index contributed by atoms with van der Waals surface area (Å²) in [4.78, 5) is 12.8. The van der Waals surface area contributed by atoms with E-state index in [1.165, 1.54) is 6.26 Å². The average Bonchev–Trinajstić information content (AvgIpc) is 2.69. The first-order valence-corrected chi connectivity index (χ1v) is 9.96. The Labute approximate surface area is 176 Å². The highest BCUT2D eigenvalue weighted by molar-refractivity contribution is 9.10. The van der Waals surface area contributed by atoms with Crippen LogP contribution in [0.5, 0.6) is 17.2 Å². The molecule has 0 saturated heterocycles. The number of halogens is 1. The number of ether oxygens (including phenoxy) is 2. The van der Waals surface area contributed by atoms with Gasteiger partial charge in [0.05, 0.1) is 5.39 Å². The van der Waals surface area contributed by atoms with Crippen LogP contribution in [0.25, 0.3) is 11.0 Å². The van der Waals surface area contributed by atoms with Crippen LogP contribution < -0.4 is 14.9 Å². The topological polar surface area (TPSA) is 48.7 Å². The molecule has 0 saturated carbocycles. The van der Waals surface area contributed by atoms with Crippen molar-refractivity contribution < 1.29 is 13.9 Å². The third-order valence-electron chi connectivity index (χ3n) is 4.46. The van der Waals surface area contributed by atoms with E-state index < -0.39 is 0 Å². The van der Waals surface area contributed by atoms with Gasteiger partial charge in [0, 0.05) is 10.5 Å². The molecule has 0 bridgehead atoms. The van der Waals surface area contributed by atoms with Crippen molar-refractivity contribution in [3.05, 3.63) is 98.3 Å². The Bertz CT molecular complexity index is 1210. The third-order valence-corrected chi connectivity index (χ3v) is 4.98. The highest BCUT2D eigenvalue weighted by Gasteiger charge is 2.11. The summed E-state index contributed by atoms with van der Waals surface area (Å²) in [5.41, 5.74) is 3.42. The van der Waals surface area contributed by atoms with Crippen molar-refractivity contribution in [2.75, 3.05) is 0 Å². The monoisotopic (exact) mass is 450 g/mol. The van der Waals surface area contributed by atoms with Crippen molar-refractivity contribution in [3.63, 3.8) is 0 Å². The summed E-state index contributed by atoms with van der Waals surface area (Å²) in [6.07, 6.45) is 1.35. The van der Waals surface area contributed by atoms with E-state index in [0.29, 0.717) is 29.1 Å². The molecule has 0 unspecified atom stereocenters. The van der Waals surface area contributed by atoms with Crippen LogP contribution in [0.4, 0.5) is 0 Å². The van der Waals surface area contributed by atoms with Gasteiger partial charge in [0.1, 0.15) is 30.0 Å². The number of fused-ring (bicyclic) bond motifs is 1. The number of benzene rings is 3. The van der Waals surface area contributed by atoms with Gasteiger partial charge >= 0.3 is 0 Å². The highest BCUT2D eigenvalue weighted by atomic mass is 79.9. The molecule has 3 aromatic carbocycles. The quantitative estimate of drug-likeness (QED) is 0.346. The Hall–Kier alpha value is -3.05. The normalized spacial score (nSPS) is 10.9. The number of hydrogen-bond donors (Lipinski definition) is 0. The molecule has 146 valence electrons. The molecule has 0 aliphatic rings. The third kappa shape index (κ3) is 4.51. The maximum Gasteiger partial charge on any atom is 0.235 e. The maximum absolute atomic E-state index is 12.8. The van der Waals surface area contributed by atoms with Gasteiger partial charge < -0.3 is 13.9 Å². The predicted molar refractivity (Wildman–Crippen MR) is 117 cm³/mol. The lowest BCUT2D eigenvalue weighted by Crippen LogP contribution is -2.05. The number of aryl methyl sites for hydroxylation is 2. The van der Waals surface area contributed by atoms with Gasteiger partial charge in [-0.3, -0.25) is 4.79 Å². The molecule has 0 spiro atoms. The molecular formula is C24H19BrO4. The molecule has 5 heteroatoms. The molecule has 0 N–H and O–H groups in total. The smallest absolute Gasteiger partial charge is 0.235 e. The van der Waals surface area contributed by atoms with Crippen LogP contribution in [0.2, 0.25) is 0 Å². The molecule has 4 nitrogen and oxygen atoms in total. The second kappa shape index (κ2) is 8.13. The molecule has 0 atom stereocenters. The summed E-state index contributed by atoms with van der Waals surface area (Å²) in [6, 6.07) is 18.9. The molecule has 0 radical (unpaired) electrons. The van der Waals surface area contributed by atoms with Gasteiger partial charge in [0.15, 0.2) is 0 Å². The molecule has 0 amide bonds. The highest BCUT2D eigenvalue weighted by Crippen LogP contribution is 2.26. The van der Waals surface area contributed by atoms with Crippen LogP contribution in [-0.4, -0.2) is 0 Å². The first kappa shape index (κ1) is 19.3. The van der Waals surface area contributed by atoms with E-state index in [2.05, 4.69) is 15.9 Å². The largest absolute Gasteiger partial charge is 0.489 e. The summed E-state index contributed by atoms with van der Waals surface area (Å²) in [6.45, 7) is 4.40. The average molecular weight is 451 g/mol. The van der Waals surface area contributed by atoms with Crippen LogP contribution in [0, 0.1) is 13.8 Å². The fraction of sp³-hybridized carbons (Fsp3) is 0.125. The van der Waals surface area contributed by atoms with Crippen LogP contribution >= 0.6 is 15.9 Å². The van der Waals surface area contributed by atoms with E-state index in [-0.39, 0.29) is 11.2 Å². The summed E-state index contributed by atoms with van der Waals surface area (Å²) >= 11 is 3.42. The molecule has 29 heavy (non-hydrogen) atoms. The van der Waals surface area contributed by atoms with Crippen LogP contribution in [-0.2, 0) is 6.61 Å². The van der Waals surface area contributed by atoms with Gasteiger partial charge in [0.2, 0.25) is 11.2 Å². The lowest BCUT2D eigenvalue weighted by Gasteiger charge is -2.09. The van der Waals surface area contributed by atoms with Crippen molar-refractivity contribution in [2.45, 2.75) is 20.5 Å². The summed E-state index contributed by atoms with van der Waals surface area (Å²) in [5, 5.41) is 0.447. The summed E-state index contributed by atoms with van der Waals surface area (Å²) in [5.74, 6) is 1.40. The Morgan fingerprint density at radius 1 is 0.897 bits per heavy atom. The van der Waals surface area contributed by atoms with Crippen molar-refractivity contribution in [1.29, 1.82) is 0 Å². The summed E-state index contributed by atoms with van der Waals surface area (Å²) in [7, 11) is 0. The molecule has 1 heterocycles. The first-order chi connectivity index (χ1) is 14.0. The van der Waals surface area contributed by atoms with E-state index in [1.54, 1.807) is 18.2 Å². The van der Waals surface area contributed by atoms with Crippen LogP contribution in [0.1, 0.15) is 16.7 Å². The zero-order valence-electron chi connectivity index (χ0n) is 16.1. The zero-order chi connectivity index (χ0) is 20.4. The van der Waals surface area contributed by atoms with E-state index in [4.69, 9.17) is 13.9 Å². The summed E-state index contributed by atoms with van der Waals surface area (Å²) < 4.78 is 18.3. The number of hydrogen-bond acceptors (Lipinski definition) is 4. The van der Waals surface area contributed by atoms with Crippen LogP contribution in [0.15, 0.2) is 80.6 Å². The second-order valence-corrected chi connectivity index (χ2v) is 7.84. The van der Waals surface area contributed by atoms with E-state index >= 15 is 0 Å². The lowest BCUT2D eigenvalue weighted by molar-refractivity contribution is 0.306. The Morgan fingerprint density at radius 3 is 2.34 bits per heavy atom. The fourth-order valence-electron chi connectivity index (χ4n) is 3.12. The van der Waals surface area contributed by atoms with Gasteiger partial charge in [-0.05, 0) is 66.9 Å². The predicted octanol–water partition coefficient (Wildman–Crippen LogP) is 6.54. The van der Waals surface area contributed by atoms with Gasteiger partial charge in [-0.15, -0.1) is 0 Å². The minimum absolute atomic E-state index is 0.158. The number of rotatable bonds is 5. The molecule has 0 aliphatic carbocycles. The Kier molecular flexibility index (Phi) is 5.41. The van der Waals surface area contributed by atoms with E-state index in [9.17, 15) is 4.79 Å². The zero-order valence-corrected chi connectivity index (χ0v) is 17.7. The van der Waals surface area contributed by atoms with Crippen molar-refractivity contribution in [1.82, 2.24) is 0 Å². The maximum atomic E-state index is 12.8. The van der Waals surface area contributed by atoms with Gasteiger partial charge in [-0.25, -0.2) is 0 Å². The molecular weight excluding hydrogens is 432 g/mol. The van der Waals surface area contributed by atoms with Crippen molar-refractivity contribution in [2.24, 2.45) is 0 Å². The fourth-order valence-corrected chi connectivity index (χ4v) is 3.38. The first-order valence-electron chi connectivity index (χ1n) is 9.17. The minimum Gasteiger partial charge on any atom is -0.489 e. The lowest BCUT2D eigenvalue weighted by atomic mass is 10.1. The molecule has 1 aromatic heterocycles. The Morgan fingerprint density at radius 2 is 1.62 bits per heavy atom. The molecule has 0 aliphatic heterocycles. The molecule has 0 fully saturated rings. The second-order valence-electron chi connectivity index (χ2n) is 6.93. The molecule has 4 aromatic rings. The standard InChI is InChI=1S/C24H19BrO4/c1-15-9-16(2)11-20(10-15)29-23-14-28-22-12-19(7-8-21(22)24(23)26)27-13-17-3-5-18(25)6-4-17/h3-12,14H,13H2,1-2H3. The van der Waals surface area contributed by atoms with Crippen molar-refractivity contribution >= 4 is 26.9 Å². The van der Waals surface area contributed by atoms with E-state index in [1.807, 2.05) is 56.3 Å². The van der Waals surface area contributed by atoms with Gasteiger partial charge in [0.25, 0.3) is 0 Å².